The van der Waals surface area contributed by atoms with E-state index in [9.17, 15) is 9.90 Å². The van der Waals surface area contributed by atoms with E-state index in [-0.39, 0.29) is 19.1 Å². The molecular weight excluding hydrogens is 548 g/mol. The van der Waals surface area contributed by atoms with Crippen LogP contribution in [0.4, 0.5) is 11.4 Å². The third-order valence-electron chi connectivity index (χ3n) is 7.32. The largest absolute Gasteiger partial charge is 0.497 e. The Morgan fingerprint density at radius 1 is 1.05 bits per heavy atom. The Morgan fingerprint density at radius 3 is 2.60 bits per heavy atom. The van der Waals surface area contributed by atoms with Crippen LogP contribution < -0.4 is 24.3 Å². The van der Waals surface area contributed by atoms with Crippen molar-refractivity contribution in [2.75, 3.05) is 43.5 Å². The molecule has 0 aliphatic carbocycles. The van der Waals surface area contributed by atoms with E-state index in [0.717, 1.165) is 16.6 Å². The lowest BCUT2D eigenvalue weighted by atomic mass is 10.1. The van der Waals surface area contributed by atoms with Gasteiger partial charge in [-0.25, -0.2) is 4.84 Å². The highest BCUT2D eigenvalue weighted by Gasteiger charge is 2.35. The summed E-state index contributed by atoms with van der Waals surface area (Å²) in [4.78, 5) is 26.3. The fourth-order valence-corrected chi connectivity index (χ4v) is 5.21. The zero-order chi connectivity index (χ0) is 30.1. The maximum absolute atomic E-state index is 14.0. The van der Waals surface area contributed by atoms with Crippen molar-refractivity contribution in [2.45, 2.75) is 26.4 Å². The zero-order valence-corrected chi connectivity index (χ0v) is 24.6. The molecule has 6 rings (SSSR count). The number of amides is 1. The standard InChI is InChI=1S/C33H34N4O6/c1-22-27(20-42-37(23-8-6-5-7-9-23)36(22)21-33(2,3)39)32(38)35-16-17-41-31-19-25(11-13-29(31)35)43-30-14-15-34-28-18-24(40-4)10-12-26(28)30/h5-15,18-19,39H,16-17,20-21H2,1-4H3. The summed E-state index contributed by atoms with van der Waals surface area (Å²) in [5.74, 6) is 2.30. The molecular formula is C33H34N4O6. The van der Waals surface area contributed by atoms with Crippen molar-refractivity contribution in [3.05, 3.63) is 90.3 Å². The van der Waals surface area contributed by atoms with Crippen molar-refractivity contribution in [2.24, 2.45) is 0 Å². The molecule has 1 amide bonds. The summed E-state index contributed by atoms with van der Waals surface area (Å²) in [6, 6.07) is 22.5. The smallest absolute Gasteiger partial charge is 0.258 e. The van der Waals surface area contributed by atoms with Crippen molar-refractivity contribution >= 4 is 28.2 Å². The average Bonchev–Trinajstić information content (AvgIpc) is 3.01. The van der Waals surface area contributed by atoms with E-state index in [1.165, 1.54) is 0 Å². The van der Waals surface area contributed by atoms with Crippen LogP contribution in [0.2, 0.25) is 0 Å². The SMILES string of the molecule is COc1ccc2c(Oc3ccc4c(c3)OCCN4C(=O)C3=C(C)N(CC(C)(C)O)N(c4ccccc4)OC3)ccnc2c1. The topological polar surface area (TPSA) is 96.8 Å². The highest BCUT2D eigenvalue weighted by atomic mass is 16.7. The molecule has 1 aromatic heterocycles. The van der Waals surface area contributed by atoms with Gasteiger partial charge >= 0.3 is 0 Å². The summed E-state index contributed by atoms with van der Waals surface area (Å²) in [7, 11) is 1.62. The van der Waals surface area contributed by atoms with Gasteiger partial charge in [0.2, 0.25) is 0 Å². The van der Waals surface area contributed by atoms with Gasteiger partial charge < -0.3 is 24.2 Å². The first kappa shape index (κ1) is 28.3. The molecule has 3 aromatic carbocycles. The maximum atomic E-state index is 14.0. The lowest BCUT2D eigenvalue weighted by Gasteiger charge is -2.44. The predicted octanol–water partition coefficient (Wildman–Crippen LogP) is 5.47. The summed E-state index contributed by atoms with van der Waals surface area (Å²) in [5.41, 5.74) is 2.36. The van der Waals surface area contributed by atoms with Crippen LogP contribution in [0.1, 0.15) is 20.8 Å². The fraction of sp³-hybridized carbons (Fsp3) is 0.273. The number of allylic oxidation sites excluding steroid dienone is 1. The number of fused-ring (bicyclic) bond motifs is 2. The molecule has 0 saturated heterocycles. The van der Waals surface area contributed by atoms with E-state index in [0.29, 0.717) is 53.1 Å². The number of pyridine rings is 1. The van der Waals surface area contributed by atoms with E-state index < -0.39 is 5.60 Å². The third-order valence-corrected chi connectivity index (χ3v) is 7.32. The first-order chi connectivity index (χ1) is 20.7. The number of hydrogen-bond donors (Lipinski definition) is 1. The minimum Gasteiger partial charge on any atom is -0.497 e. The minimum absolute atomic E-state index is 0.0791. The van der Waals surface area contributed by atoms with Gasteiger partial charge in [0.05, 0.1) is 48.3 Å². The lowest BCUT2D eigenvalue weighted by Crippen LogP contribution is -2.53. The number of rotatable bonds is 7. The Morgan fingerprint density at radius 2 is 1.84 bits per heavy atom. The molecule has 0 atom stereocenters. The van der Waals surface area contributed by atoms with Crippen LogP contribution in [0.15, 0.2) is 90.3 Å². The van der Waals surface area contributed by atoms with Gasteiger partial charge in [0.25, 0.3) is 5.91 Å². The number of anilines is 2. The Kier molecular flexibility index (Phi) is 7.55. The maximum Gasteiger partial charge on any atom is 0.258 e. The van der Waals surface area contributed by atoms with E-state index in [1.807, 2.05) is 67.6 Å². The van der Waals surface area contributed by atoms with Crippen LogP contribution in [-0.4, -0.2) is 60.0 Å². The van der Waals surface area contributed by atoms with Crippen molar-refractivity contribution in [3.63, 3.8) is 0 Å². The molecule has 0 bridgehead atoms. The Balaban J connectivity index is 1.28. The van der Waals surface area contributed by atoms with Gasteiger partial charge in [0.1, 0.15) is 36.2 Å². The molecule has 4 aromatic rings. The van der Waals surface area contributed by atoms with Crippen LogP contribution in [0, 0.1) is 0 Å². The van der Waals surface area contributed by atoms with Crippen LogP contribution in [0.3, 0.4) is 0 Å². The number of hydrazine groups is 1. The summed E-state index contributed by atoms with van der Waals surface area (Å²) < 4.78 is 17.5. The fourth-order valence-electron chi connectivity index (χ4n) is 5.21. The quantitative estimate of drug-likeness (QED) is 0.304. The minimum atomic E-state index is -1.04. The van der Waals surface area contributed by atoms with Crippen molar-refractivity contribution in [3.8, 4) is 23.0 Å². The van der Waals surface area contributed by atoms with Gasteiger partial charge in [-0.2, -0.15) is 5.17 Å². The van der Waals surface area contributed by atoms with Gasteiger partial charge in [-0.05, 0) is 63.2 Å². The van der Waals surface area contributed by atoms with E-state index in [1.54, 1.807) is 54.4 Å². The first-order valence-electron chi connectivity index (χ1n) is 14.1. The second kappa shape index (κ2) is 11.5. The van der Waals surface area contributed by atoms with Crippen LogP contribution in [0.5, 0.6) is 23.0 Å². The normalized spacial score (nSPS) is 15.3. The van der Waals surface area contributed by atoms with E-state index >= 15 is 0 Å². The number of carbonyl (C=O) groups excluding carboxylic acids is 1. The number of hydrogen-bond acceptors (Lipinski definition) is 9. The van der Waals surface area contributed by atoms with Crippen LogP contribution >= 0.6 is 0 Å². The van der Waals surface area contributed by atoms with Gasteiger partial charge in [0, 0.05) is 29.4 Å². The van der Waals surface area contributed by atoms with Gasteiger partial charge in [-0.15, -0.1) is 0 Å². The van der Waals surface area contributed by atoms with E-state index in [2.05, 4.69) is 4.98 Å². The van der Waals surface area contributed by atoms with Gasteiger partial charge in [-0.1, -0.05) is 18.2 Å². The van der Waals surface area contributed by atoms with E-state index in [4.69, 9.17) is 19.0 Å². The number of methoxy groups -OCH3 is 1. The molecule has 2 aliphatic rings. The molecule has 10 nitrogen and oxygen atoms in total. The third kappa shape index (κ3) is 5.79. The second-order valence-corrected chi connectivity index (χ2v) is 11.0. The summed E-state index contributed by atoms with van der Waals surface area (Å²) >= 11 is 0. The number of benzene rings is 3. The molecule has 0 unspecified atom stereocenters. The number of carbonyl (C=O) groups is 1. The highest BCUT2D eigenvalue weighted by molar-refractivity contribution is 6.07. The van der Waals surface area contributed by atoms with Gasteiger partial charge in [-0.3, -0.25) is 14.8 Å². The molecule has 10 heteroatoms. The Hall–Kier alpha value is -4.80. The predicted molar refractivity (Wildman–Crippen MR) is 163 cm³/mol. The number of β-amino-alcohol motifs (C(OH)–C–C–N with tert-alkyl or cyclic N) is 1. The number of para-hydroxylation sites is 1. The lowest BCUT2D eigenvalue weighted by molar-refractivity contribution is -0.118. The highest BCUT2D eigenvalue weighted by Crippen LogP contribution is 2.39. The zero-order valence-electron chi connectivity index (χ0n) is 24.6. The monoisotopic (exact) mass is 582 g/mol. The molecule has 222 valence electrons. The number of aliphatic hydroxyl groups is 1. The molecule has 3 heterocycles. The van der Waals surface area contributed by atoms with Crippen LogP contribution in [-0.2, 0) is 9.63 Å². The van der Waals surface area contributed by atoms with Crippen LogP contribution in [0.25, 0.3) is 10.9 Å². The van der Waals surface area contributed by atoms with Crippen molar-refractivity contribution < 1.29 is 28.9 Å². The molecule has 43 heavy (non-hydrogen) atoms. The molecule has 0 radical (unpaired) electrons. The molecule has 2 aliphatic heterocycles. The Bertz CT molecular complexity index is 1680. The van der Waals surface area contributed by atoms with Crippen molar-refractivity contribution in [1.29, 1.82) is 0 Å². The van der Waals surface area contributed by atoms with Gasteiger partial charge in [0.15, 0.2) is 0 Å². The summed E-state index contributed by atoms with van der Waals surface area (Å²) in [6.45, 7) is 6.35. The Labute approximate surface area is 250 Å². The van der Waals surface area contributed by atoms with Crippen molar-refractivity contribution in [1.82, 2.24) is 9.99 Å². The molecule has 0 fully saturated rings. The molecule has 0 saturated carbocycles. The number of aromatic nitrogens is 1. The first-order valence-corrected chi connectivity index (χ1v) is 14.1. The summed E-state index contributed by atoms with van der Waals surface area (Å²) in [5, 5.41) is 15.0. The second-order valence-electron chi connectivity index (χ2n) is 11.0. The molecule has 1 N–H and O–H groups in total. The average molecular weight is 583 g/mol. The summed E-state index contributed by atoms with van der Waals surface area (Å²) in [6.07, 6.45) is 1.69. The molecule has 0 spiro atoms. The number of nitrogens with zero attached hydrogens (tertiary/aromatic N) is 4. The number of ether oxygens (including phenoxy) is 3.